The topological polar surface area (TPSA) is 44.1 Å². The molecule has 0 saturated carbocycles. The first-order chi connectivity index (χ1) is 9.69. The normalized spacial score (nSPS) is 12.9. The molecule has 0 aliphatic carbocycles. The van der Waals surface area contributed by atoms with Crippen molar-refractivity contribution in [2.75, 3.05) is 7.11 Å². The van der Waals surface area contributed by atoms with Gasteiger partial charge >= 0.3 is 0 Å². The summed E-state index contributed by atoms with van der Waals surface area (Å²) in [6.07, 6.45) is 1.49. The van der Waals surface area contributed by atoms with Crippen LogP contribution in [0.1, 0.15) is 15.9 Å². The minimum absolute atomic E-state index is 0.00189. The predicted molar refractivity (Wildman–Crippen MR) is 82.7 cm³/mol. The lowest BCUT2D eigenvalue weighted by atomic mass is 10.3. The summed E-state index contributed by atoms with van der Waals surface area (Å²) in [5, 5.41) is 2.70. The van der Waals surface area contributed by atoms with Gasteiger partial charge in [0.05, 0.1) is 18.3 Å². The molecule has 1 atom stereocenters. The second kappa shape index (κ2) is 5.47. The Hall–Kier alpha value is -1.50. The van der Waals surface area contributed by atoms with Gasteiger partial charge in [0.2, 0.25) is 0 Å². The van der Waals surface area contributed by atoms with Crippen molar-refractivity contribution in [3.05, 3.63) is 50.0 Å². The Kier molecular flexibility index (Phi) is 3.69. The van der Waals surface area contributed by atoms with E-state index in [2.05, 4.69) is 4.98 Å². The van der Waals surface area contributed by atoms with Crippen LogP contribution in [0, 0.1) is 6.92 Å². The number of aryl methyl sites for hydroxylation is 1. The molecule has 3 aromatic rings. The average Bonchev–Trinajstić information content (AvgIpc) is 3.07. The van der Waals surface area contributed by atoms with Crippen LogP contribution >= 0.6 is 22.7 Å². The van der Waals surface area contributed by atoms with Gasteiger partial charge in [-0.3, -0.25) is 9.36 Å². The molecule has 6 heteroatoms. The molecule has 0 saturated heterocycles. The molecule has 0 amide bonds. The minimum atomic E-state index is -0.119. The van der Waals surface area contributed by atoms with Crippen LogP contribution in [0.5, 0.6) is 0 Å². The average molecular weight is 306 g/mol. The van der Waals surface area contributed by atoms with Crippen LogP contribution in [0.25, 0.3) is 10.2 Å². The SMILES string of the molecule is CO[C@H](Cn1cnc2sc(C)cc2c1=O)c1cccs1. The highest BCUT2D eigenvalue weighted by atomic mass is 32.1. The largest absolute Gasteiger partial charge is 0.374 e. The Balaban J connectivity index is 1.98. The fraction of sp³-hybridized carbons (Fsp3) is 0.286. The van der Waals surface area contributed by atoms with Crippen molar-refractivity contribution in [1.82, 2.24) is 9.55 Å². The van der Waals surface area contributed by atoms with Crippen LogP contribution in [0.4, 0.5) is 0 Å². The highest BCUT2D eigenvalue weighted by Gasteiger charge is 2.15. The fourth-order valence-electron chi connectivity index (χ4n) is 2.14. The molecule has 20 heavy (non-hydrogen) atoms. The molecule has 0 N–H and O–H groups in total. The van der Waals surface area contributed by atoms with Crippen LogP contribution in [-0.4, -0.2) is 16.7 Å². The number of hydrogen-bond acceptors (Lipinski definition) is 5. The highest BCUT2D eigenvalue weighted by Crippen LogP contribution is 2.24. The number of nitrogens with zero attached hydrogens (tertiary/aromatic N) is 2. The third-order valence-electron chi connectivity index (χ3n) is 3.15. The summed E-state index contributed by atoms with van der Waals surface area (Å²) in [5.74, 6) is 0. The number of methoxy groups -OCH3 is 1. The van der Waals surface area contributed by atoms with Crippen molar-refractivity contribution in [3.63, 3.8) is 0 Å². The number of aromatic nitrogens is 2. The van der Waals surface area contributed by atoms with Gasteiger partial charge in [0.25, 0.3) is 5.56 Å². The van der Waals surface area contributed by atoms with Crippen molar-refractivity contribution in [1.29, 1.82) is 0 Å². The van der Waals surface area contributed by atoms with Gasteiger partial charge < -0.3 is 4.74 Å². The molecule has 0 aliphatic rings. The minimum Gasteiger partial charge on any atom is -0.374 e. The zero-order chi connectivity index (χ0) is 14.1. The predicted octanol–water partition coefficient (Wildman–Crippen LogP) is 3.22. The van der Waals surface area contributed by atoms with Crippen LogP contribution < -0.4 is 5.56 Å². The van der Waals surface area contributed by atoms with E-state index in [0.29, 0.717) is 11.9 Å². The van der Waals surface area contributed by atoms with Gasteiger partial charge in [-0.15, -0.1) is 22.7 Å². The lowest BCUT2D eigenvalue weighted by molar-refractivity contribution is 0.0897. The van der Waals surface area contributed by atoms with E-state index in [1.54, 1.807) is 40.7 Å². The summed E-state index contributed by atoms with van der Waals surface area (Å²) >= 11 is 3.17. The van der Waals surface area contributed by atoms with E-state index in [1.807, 2.05) is 30.5 Å². The van der Waals surface area contributed by atoms with Crippen molar-refractivity contribution in [3.8, 4) is 0 Å². The molecule has 4 nitrogen and oxygen atoms in total. The molecule has 0 spiro atoms. The van der Waals surface area contributed by atoms with E-state index in [-0.39, 0.29) is 11.7 Å². The van der Waals surface area contributed by atoms with E-state index in [4.69, 9.17) is 4.74 Å². The smallest absolute Gasteiger partial charge is 0.262 e. The summed E-state index contributed by atoms with van der Waals surface area (Å²) < 4.78 is 7.12. The van der Waals surface area contributed by atoms with E-state index in [1.165, 1.54) is 0 Å². The molecular weight excluding hydrogens is 292 g/mol. The Bertz CT molecular complexity index is 774. The third kappa shape index (κ3) is 2.42. The number of thiophene rings is 2. The lowest BCUT2D eigenvalue weighted by Crippen LogP contribution is -2.23. The summed E-state index contributed by atoms with van der Waals surface area (Å²) in [4.78, 5) is 19.8. The lowest BCUT2D eigenvalue weighted by Gasteiger charge is -2.14. The van der Waals surface area contributed by atoms with E-state index in [9.17, 15) is 4.79 Å². The molecule has 0 bridgehead atoms. The van der Waals surface area contributed by atoms with E-state index >= 15 is 0 Å². The van der Waals surface area contributed by atoms with Crippen molar-refractivity contribution >= 4 is 32.9 Å². The quantitative estimate of drug-likeness (QED) is 0.743. The Morgan fingerprint density at radius 3 is 3.05 bits per heavy atom. The number of fused-ring (bicyclic) bond motifs is 1. The molecule has 0 unspecified atom stereocenters. The molecule has 3 rings (SSSR count). The van der Waals surface area contributed by atoms with Gasteiger partial charge in [0.15, 0.2) is 0 Å². The Morgan fingerprint density at radius 2 is 2.35 bits per heavy atom. The van der Waals surface area contributed by atoms with Gasteiger partial charge in [-0.05, 0) is 24.4 Å². The Morgan fingerprint density at radius 1 is 1.50 bits per heavy atom. The fourth-order valence-corrected chi connectivity index (χ4v) is 3.78. The van der Waals surface area contributed by atoms with Crippen molar-refractivity contribution in [2.24, 2.45) is 0 Å². The second-order valence-corrected chi connectivity index (χ2v) is 6.73. The monoisotopic (exact) mass is 306 g/mol. The summed E-state index contributed by atoms with van der Waals surface area (Å²) in [7, 11) is 1.66. The van der Waals surface area contributed by atoms with Crippen LogP contribution in [0.2, 0.25) is 0 Å². The van der Waals surface area contributed by atoms with Gasteiger partial charge in [0.1, 0.15) is 10.9 Å². The molecule has 0 aromatic carbocycles. The number of ether oxygens (including phenoxy) is 1. The van der Waals surface area contributed by atoms with Gasteiger partial charge in [0, 0.05) is 16.9 Å². The first-order valence-electron chi connectivity index (χ1n) is 6.21. The van der Waals surface area contributed by atoms with E-state index < -0.39 is 0 Å². The van der Waals surface area contributed by atoms with Crippen molar-refractivity contribution < 1.29 is 4.74 Å². The Labute approximate surface area is 124 Å². The molecule has 0 fully saturated rings. The highest BCUT2D eigenvalue weighted by molar-refractivity contribution is 7.18. The van der Waals surface area contributed by atoms with E-state index in [0.717, 1.165) is 14.6 Å². The van der Waals surface area contributed by atoms with Gasteiger partial charge in [-0.1, -0.05) is 6.07 Å². The van der Waals surface area contributed by atoms with Crippen LogP contribution in [0.3, 0.4) is 0 Å². The maximum absolute atomic E-state index is 12.4. The number of hydrogen-bond donors (Lipinski definition) is 0. The zero-order valence-electron chi connectivity index (χ0n) is 11.2. The summed E-state index contributed by atoms with van der Waals surface area (Å²) in [5.41, 5.74) is -0.00189. The summed E-state index contributed by atoms with van der Waals surface area (Å²) in [6.45, 7) is 2.47. The molecule has 3 heterocycles. The molecule has 0 aliphatic heterocycles. The second-order valence-electron chi connectivity index (χ2n) is 4.52. The van der Waals surface area contributed by atoms with Crippen LogP contribution in [0.15, 0.2) is 34.7 Å². The number of rotatable bonds is 4. The maximum Gasteiger partial charge on any atom is 0.262 e. The third-order valence-corrected chi connectivity index (χ3v) is 5.07. The van der Waals surface area contributed by atoms with Gasteiger partial charge in [-0.25, -0.2) is 4.98 Å². The maximum atomic E-state index is 12.4. The molecule has 0 radical (unpaired) electrons. The first kappa shape index (κ1) is 13.5. The first-order valence-corrected chi connectivity index (χ1v) is 7.90. The summed E-state index contributed by atoms with van der Waals surface area (Å²) in [6, 6.07) is 5.90. The zero-order valence-corrected chi connectivity index (χ0v) is 12.8. The van der Waals surface area contributed by atoms with Crippen molar-refractivity contribution in [2.45, 2.75) is 19.6 Å². The molecule has 104 valence electrons. The van der Waals surface area contributed by atoms with Gasteiger partial charge in [-0.2, -0.15) is 0 Å². The molecular formula is C14H14N2O2S2. The standard InChI is InChI=1S/C14H14N2O2S2/c1-9-6-10-13(20-9)15-8-16(14(10)17)7-11(18-2)12-4-3-5-19-12/h3-6,8,11H,7H2,1-2H3/t11-/m1/s1. The molecule has 3 aromatic heterocycles. The van der Waals surface area contributed by atoms with Crippen LogP contribution in [-0.2, 0) is 11.3 Å².